The number of tetrazole rings is 1. The quantitative estimate of drug-likeness (QED) is 0.824. The lowest BCUT2D eigenvalue weighted by molar-refractivity contribution is -0.119. The Hall–Kier alpha value is -2.97. The van der Waals surface area contributed by atoms with Crippen LogP contribution in [0.25, 0.3) is 11.4 Å². The predicted molar refractivity (Wildman–Crippen MR) is 108 cm³/mol. The van der Waals surface area contributed by atoms with Crippen LogP contribution < -0.4 is 10.6 Å². The minimum Gasteiger partial charge on any atom is -0.335 e. The lowest BCUT2D eigenvalue weighted by Gasteiger charge is -2.29. The van der Waals surface area contributed by atoms with Gasteiger partial charge in [-0.3, -0.25) is 4.79 Å². The minimum absolute atomic E-state index is 0.117. The first-order valence-electron chi connectivity index (χ1n) is 10.3. The minimum atomic E-state index is -0.446. The molecule has 2 aliphatic rings. The number of benzene rings is 1. The Labute approximate surface area is 169 Å². The van der Waals surface area contributed by atoms with Gasteiger partial charge in [0, 0.05) is 30.9 Å². The summed E-state index contributed by atoms with van der Waals surface area (Å²) in [4.78, 5) is 27.3. The summed E-state index contributed by atoms with van der Waals surface area (Å²) in [5.41, 5.74) is 1.48. The lowest BCUT2D eigenvalue weighted by Crippen LogP contribution is -2.50. The largest absolute Gasteiger partial charge is 0.335 e. The van der Waals surface area contributed by atoms with Crippen LogP contribution in [-0.4, -0.2) is 55.7 Å². The van der Waals surface area contributed by atoms with E-state index in [4.69, 9.17) is 0 Å². The second-order valence-electron chi connectivity index (χ2n) is 7.83. The van der Waals surface area contributed by atoms with Crippen molar-refractivity contribution in [2.45, 2.75) is 57.0 Å². The van der Waals surface area contributed by atoms with Gasteiger partial charge in [0.25, 0.3) is 0 Å². The third kappa shape index (κ3) is 4.38. The van der Waals surface area contributed by atoms with Crippen LogP contribution in [0.15, 0.2) is 24.3 Å². The first-order valence-corrected chi connectivity index (χ1v) is 10.3. The van der Waals surface area contributed by atoms with E-state index in [1.54, 1.807) is 16.6 Å². The zero-order valence-corrected chi connectivity index (χ0v) is 16.7. The highest BCUT2D eigenvalue weighted by Gasteiger charge is 2.35. The topological polar surface area (TPSA) is 105 Å². The van der Waals surface area contributed by atoms with Crippen LogP contribution in [0.1, 0.15) is 44.9 Å². The number of aromatic nitrogens is 4. The van der Waals surface area contributed by atoms with Crippen molar-refractivity contribution >= 4 is 17.6 Å². The summed E-state index contributed by atoms with van der Waals surface area (Å²) in [5.74, 6) is 0.463. The average molecular weight is 397 g/mol. The second kappa shape index (κ2) is 8.59. The predicted octanol–water partition coefficient (Wildman–Crippen LogP) is 2.32. The van der Waals surface area contributed by atoms with Crippen LogP contribution in [0.5, 0.6) is 0 Å². The molecule has 9 heteroatoms. The van der Waals surface area contributed by atoms with Gasteiger partial charge in [0.15, 0.2) is 5.82 Å². The molecule has 1 aromatic carbocycles. The maximum absolute atomic E-state index is 12.9. The summed E-state index contributed by atoms with van der Waals surface area (Å²) in [6.45, 7) is 0.612. The summed E-state index contributed by atoms with van der Waals surface area (Å²) in [5, 5.41) is 17.6. The van der Waals surface area contributed by atoms with Crippen molar-refractivity contribution in [3.05, 3.63) is 24.3 Å². The molecule has 2 fully saturated rings. The van der Waals surface area contributed by atoms with Crippen LogP contribution in [0, 0.1) is 0 Å². The Morgan fingerprint density at radius 3 is 2.69 bits per heavy atom. The fraction of sp³-hybridized carbons (Fsp3) is 0.550. The summed E-state index contributed by atoms with van der Waals surface area (Å²) in [7, 11) is 1.77. The molecule has 1 atom stereocenters. The molecule has 1 saturated carbocycles. The molecule has 2 aromatic rings. The molecular formula is C20H27N7O2. The molecule has 0 radical (unpaired) electrons. The number of urea groups is 1. The highest BCUT2D eigenvalue weighted by atomic mass is 16.2. The molecule has 1 aliphatic heterocycles. The van der Waals surface area contributed by atoms with E-state index in [0.29, 0.717) is 24.5 Å². The number of carbonyl (C=O) groups excluding carboxylic acids is 2. The Morgan fingerprint density at radius 2 is 1.93 bits per heavy atom. The van der Waals surface area contributed by atoms with Crippen LogP contribution in [0.4, 0.5) is 10.5 Å². The van der Waals surface area contributed by atoms with Gasteiger partial charge in [-0.25, -0.2) is 9.48 Å². The maximum atomic E-state index is 12.9. The Morgan fingerprint density at radius 1 is 1.10 bits per heavy atom. The number of hydrogen-bond donors (Lipinski definition) is 2. The Balaban J connectivity index is 1.41. The smallest absolute Gasteiger partial charge is 0.318 e. The second-order valence-corrected chi connectivity index (χ2v) is 7.83. The monoisotopic (exact) mass is 397 g/mol. The third-order valence-electron chi connectivity index (χ3n) is 5.76. The molecule has 2 N–H and O–H groups in total. The number of nitrogens with zero attached hydrogens (tertiary/aromatic N) is 5. The molecule has 4 rings (SSSR count). The summed E-state index contributed by atoms with van der Waals surface area (Å²) < 4.78 is 1.58. The van der Waals surface area contributed by atoms with Crippen molar-refractivity contribution < 1.29 is 9.59 Å². The van der Waals surface area contributed by atoms with Crippen LogP contribution in [0.2, 0.25) is 0 Å². The number of nitrogens with one attached hydrogen (secondary N) is 2. The Bertz CT molecular complexity index is 875. The number of anilines is 1. The first-order chi connectivity index (χ1) is 14.1. The molecule has 0 bridgehead atoms. The van der Waals surface area contributed by atoms with E-state index in [2.05, 4.69) is 26.2 Å². The fourth-order valence-electron chi connectivity index (χ4n) is 4.22. The van der Waals surface area contributed by atoms with Crippen molar-refractivity contribution in [1.82, 2.24) is 30.4 Å². The van der Waals surface area contributed by atoms with Crippen molar-refractivity contribution in [1.29, 1.82) is 0 Å². The summed E-state index contributed by atoms with van der Waals surface area (Å²) >= 11 is 0. The van der Waals surface area contributed by atoms with E-state index in [1.165, 1.54) is 6.42 Å². The van der Waals surface area contributed by atoms with E-state index in [0.717, 1.165) is 37.7 Å². The normalized spacial score (nSPS) is 19.9. The SMILES string of the molecule is Cn1nnnc1-c1cccc(NC(=O)[C@@H]2CCCN2C(=O)NC2CCCCC2)c1. The molecule has 1 saturated heterocycles. The molecule has 29 heavy (non-hydrogen) atoms. The average Bonchev–Trinajstić information content (AvgIpc) is 3.38. The highest BCUT2D eigenvalue weighted by molar-refractivity contribution is 5.97. The van der Waals surface area contributed by atoms with Crippen molar-refractivity contribution in [2.75, 3.05) is 11.9 Å². The number of aryl methyl sites for hydroxylation is 1. The zero-order valence-electron chi connectivity index (χ0n) is 16.7. The lowest BCUT2D eigenvalue weighted by atomic mass is 9.96. The van der Waals surface area contributed by atoms with Gasteiger partial charge in [0.2, 0.25) is 5.91 Å². The number of rotatable bonds is 4. The zero-order chi connectivity index (χ0) is 20.2. The summed E-state index contributed by atoms with van der Waals surface area (Å²) in [6.07, 6.45) is 7.13. The molecule has 154 valence electrons. The van der Waals surface area contributed by atoms with Gasteiger partial charge in [0.05, 0.1) is 0 Å². The van der Waals surface area contributed by atoms with E-state index in [-0.39, 0.29) is 18.0 Å². The van der Waals surface area contributed by atoms with Gasteiger partial charge < -0.3 is 15.5 Å². The van der Waals surface area contributed by atoms with Gasteiger partial charge >= 0.3 is 6.03 Å². The molecule has 0 spiro atoms. The van der Waals surface area contributed by atoms with E-state index in [1.807, 2.05) is 24.3 Å². The molecule has 3 amide bonds. The van der Waals surface area contributed by atoms with Gasteiger partial charge in [-0.15, -0.1) is 5.10 Å². The van der Waals surface area contributed by atoms with Gasteiger partial charge in [-0.2, -0.15) is 0 Å². The Kier molecular flexibility index (Phi) is 5.73. The van der Waals surface area contributed by atoms with Gasteiger partial charge in [0.1, 0.15) is 6.04 Å². The molecule has 9 nitrogen and oxygen atoms in total. The maximum Gasteiger partial charge on any atom is 0.318 e. The third-order valence-corrected chi connectivity index (χ3v) is 5.76. The van der Waals surface area contributed by atoms with Crippen molar-refractivity contribution in [3.8, 4) is 11.4 Å². The molecule has 1 aliphatic carbocycles. The van der Waals surface area contributed by atoms with Crippen LogP contribution in [-0.2, 0) is 11.8 Å². The number of likely N-dealkylation sites (tertiary alicyclic amines) is 1. The highest BCUT2D eigenvalue weighted by Crippen LogP contribution is 2.23. The molecular weight excluding hydrogens is 370 g/mol. The van der Waals surface area contributed by atoms with Crippen LogP contribution >= 0.6 is 0 Å². The molecule has 1 aromatic heterocycles. The number of carbonyl (C=O) groups is 2. The number of amides is 3. The van der Waals surface area contributed by atoms with Crippen molar-refractivity contribution in [2.24, 2.45) is 7.05 Å². The first kappa shape index (κ1) is 19.4. The molecule has 0 unspecified atom stereocenters. The van der Waals surface area contributed by atoms with E-state index in [9.17, 15) is 9.59 Å². The standard InChI is InChI=1S/C20H27N7O2/c1-26-18(23-24-25-26)14-7-5-10-16(13-14)21-19(28)17-11-6-12-27(17)20(29)22-15-8-3-2-4-9-15/h5,7,10,13,15,17H,2-4,6,8-9,11-12H2,1H3,(H,21,28)(H,22,29)/t17-/m0/s1. The van der Waals surface area contributed by atoms with Gasteiger partial charge in [-0.05, 0) is 48.2 Å². The van der Waals surface area contributed by atoms with E-state index < -0.39 is 6.04 Å². The number of hydrogen-bond acceptors (Lipinski definition) is 5. The van der Waals surface area contributed by atoms with E-state index >= 15 is 0 Å². The van der Waals surface area contributed by atoms with Gasteiger partial charge in [-0.1, -0.05) is 31.4 Å². The van der Waals surface area contributed by atoms with Crippen molar-refractivity contribution in [3.63, 3.8) is 0 Å². The fourth-order valence-corrected chi connectivity index (χ4v) is 4.22. The molecule has 2 heterocycles. The van der Waals surface area contributed by atoms with Crippen LogP contribution in [0.3, 0.4) is 0 Å². The summed E-state index contributed by atoms with van der Waals surface area (Å²) in [6, 6.07) is 7.07.